The van der Waals surface area contributed by atoms with Gasteiger partial charge in [-0.1, -0.05) is 18.7 Å². The molecule has 19 heavy (non-hydrogen) atoms. The van der Waals surface area contributed by atoms with Crippen molar-refractivity contribution in [2.75, 3.05) is 0 Å². The van der Waals surface area contributed by atoms with E-state index in [4.69, 9.17) is 4.55 Å². The van der Waals surface area contributed by atoms with E-state index in [-0.39, 0.29) is 5.57 Å². The summed E-state index contributed by atoms with van der Waals surface area (Å²) in [6.07, 6.45) is 2.35. The summed E-state index contributed by atoms with van der Waals surface area (Å²) < 4.78 is 71.9. The first-order valence-corrected chi connectivity index (χ1v) is 6.53. The van der Waals surface area contributed by atoms with Gasteiger partial charge in [-0.3, -0.25) is 4.55 Å². The molecule has 0 unspecified atom stereocenters. The number of hydrogen-bond donors (Lipinski definition) is 1. The summed E-state index contributed by atoms with van der Waals surface area (Å²) in [5.74, 6) is -5.48. The van der Waals surface area contributed by atoms with Crippen LogP contribution in [0.15, 0.2) is 17.6 Å². The van der Waals surface area contributed by atoms with Crippen LogP contribution in [0.25, 0.3) is 11.6 Å². The fourth-order valence-electron chi connectivity index (χ4n) is 1.65. The van der Waals surface area contributed by atoms with Crippen LogP contribution < -0.4 is 0 Å². The van der Waals surface area contributed by atoms with E-state index in [1.807, 2.05) is 0 Å². The first-order chi connectivity index (χ1) is 8.62. The van der Waals surface area contributed by atoms with Crippen molar-refractivity contribution in [3.05, 3.63) is 41.2 Å². The van der Waals surface area contributed by atoms with Crippen molar-refractivity contribution in [2.24, 2.45) is 0 Å². The lowest BCUT2D eigenvalue weighted by Crippen LogP contribution is -2.11. The van der Waals surface area contributed by atoms with Gasteiger partial charge in [0.2, 0.25) is 0 Å². The van der Waals surface area contributed by atoms with Crippen molar-refractivity contribution < 1.29 is 26.1 Å². The molecule has 0 atom stereocenters. The third-order valence-corrected chi connectivity index (χ3v) is 3.25. The minimum Gasteiger partial charge on any atom is -0.282 e. The smallest absolute Gasteiger partial charge is 0.282 e. The summed E-state index contributed by atoms with van der Waals surface area (Å²) in [6, 6.07) is 0. The summed E-state index contributed by atoms with van der Waals surface area (Å²) in [6.45, 7) is 6.15. The van der Waals surface area contributed by atoms with Crippen LogP contribution >= 0.6 is 0 Å². The summed E-state index contributed by atoms with van der Waals surface area (Å²) in [5, 5.41) is 0. The molecule has 0 aromatic heterocycles. The van der Waals surface area contributed by atoms with Crippen LogP contribution in [-0.2, 0) is 10.1 Å². The van der Waals surface area contributed by atoms with E-state index in [1.54, 1.807) is 0 Å². The van der Waals surface area contributed by atoms with Crippen LogP contribution in [0.5, 0.6) is 0 Å². The Bertz CT molecular complexity index is 676. The fourth-order valence-corrected chi connectivity index (χ4v) is 2.41. The Kier molecular flexibility index (Phi) is 4.21. The average Bonchev–Trinajstić information content (AvgIpc) is 2.24. The maximum Gasteiger partial charge on any atom is 0.298 e. The monoisotopic (exact) mass is 292 g/mol. The zero-order valence-electron chi connectivity index (χ0n) is 10.2. The number of hydrogen-bond acceptors (Lipinski definition) is 2. The molecule has 1 N–H and O–H groups in total. The SMILES string of the molecule is C=C(C)c1c(F)c(F)c(F)c(S(=O)(=O)O)c1C=CC. The normalized spacial score (nSPS) is 12.1. The van der Waals surface area contributed by atoms with Crippen LogP contribution in [0.2, 0.25) is 0 Å². The van der Waals surface area contributed by atoms with Crippen molar-refractivity contribution in [3.8, 4) is 0 Å². The van der Waals surface area contributed by atoms with Crippen LogP contribution in [0, 0.1) is 17.5 Å². The minimum atomic E-state index is -5.06. The third-order valence-electron chi connectivity index (χ3n) is 2.34. The molecule has 0 radical (unpaired) electrons. The van der Waals surface area contributed by atoms with Crippen molar-refractivity contribution in [3.63, 3.8) is 0 Å². The van der Waals surface area contributed by atoms with Gasteiger partial charge < -0.3 is 0 Å². The van der Waals surface area contributed by atoms with Crippen LogP contribution in [-0.4, -0.2) is 13.0 Å². The molecule has 1 aromatic carbocycles. The molecule has 104 valence electrons. The maximum atomic E-state index is 13.7. The lowest BCUT2D eigenvalue weighted by atomic mass is 10.00. The Labute approximate surface area is 108 Å². The van der Waals surface area contributed by atoms with Gasteiger partial charge in [0.1, 0.15) is 4.90 Å². The lowest BCUT2D eigenvalue weighted by molar-refractivity contribution is 0.420. The van der Waals surface area contributed by atoms with E-state index in [2.05, 4.69) is 6.58 Å². The third kappa shape index (κ3) is 2.71. The van der Waals surface area contributed by atoms with Gasteiger partial charge in [-0.05, 0) is 19.4 Å². The summed E-state index contributed by atoms with van der Waals surface area (Å²) in [4.78, 5) is -1.30. The van der Waals surface area contributed by atoms with Gasteiger partial charge in [-0.25, -0.2) is 13.2 Å². The zero-order chi connectivity index (χ0) is 15.0. The minimum absolute atomic E-state index is 0.00519. The predicted octanol–water partition coefficient (Wildman–Crippen LogP) is 3.42. The van der Waals surface area contributed by atoms with Gasteiger partial charge >= 0.3 is 0 Å². The van der Waals surface area contributed by atoms with Gasteiger partial charge in [0, 0.05) is 11.1 Å². The molecule has 0 bridgehead atoms. The molecular weight excluding hydrogens is 281 g/mol. The summed E-state index contributed by atoms with van der Waals surface area (Å²) >= 11 is 0. The molecule has 7 heteroatoms. The topological polar surface area (TPSA) is 54.4 Å². The van der Waals surface area contributed by atoms with Crippen LogP contribution in [0.3, 0.4) is 0 Å². The van der Waals surface area contributed by atoms with E-state index in [1.165, 1.54) is 19.9 Å². The Morgan fingerprint density at radius 3 is 2.11 bits per heavy atom. The molecule has 0 saturated carbocycles. The molecule has 0 aliphatic heterocycles. The highest BCUT2D eigenvalue weighted by atomic mass is 32.2. The van der Waals surface area contributed by atoms with E-state index in [0.29, 0.717) is 0 Å². The lowest BCUT2D eigenvalue weighted by Gasteiger charge is -2.13. The number of rotatable bonds is 3. The molecule has 0 amide bonds. The molecular formula is C12H11F3O3S. The average molecular weight is 292 g/mol. The summed E-state index contributed by atoms with van der Waals surface area (Å²) in [5.41, 5.74) is -0.979. The van der Waals surface area contributed by atoms with Crippen molar-refractivity contribution in [1.82, 2.24) is 0 Å². The number of allylic oxidation sites excluding steroid dienone is 2. The molecule has 0 heterocycles. The highest BCUT2D eigenvalue weighted by Crippen LogP contribution is 2.33. The Morgan fingerprint density at radius 2 is 1.74 bits per heavy atom. The largest absolute Gasteiger partial charge is 0.298 e. The van der Waals surface area contributed by atoms with E-state index >= 15 is 0 Å². The molecule has 0 spiro atoms. The predicted molar refractivity (Wildman–Crippen MR) is 65.5 cm³/mol. The molecule has 0 fully saturated rings. The number of halogens is 3. The van der Waals surface area contributed by atoms with Crippen molar-refractivity contribution in [1.29, 1.82) is 0 Å². The van der Waals surface area contributed by atoms with Crippen LogP contribution in [0.4, 0.5) is 13.2 Å². The first kappa shape index (κ1) is 15.5. The molecule has 0 aliphatic carbocycles. The van der Waals surface area contributed by atoms with Gasteiger partial charge in [-0.15, -0.1) is 0 Å². The van der Waals surface area contributed by atoms with Crippen LogP contribution in [0.1, 0.15) is 25.0 Å². The zero-order valence-corrected chi connectivity index (χ0v) is 11.0. The molecule has 1 rings (SSSR count). The highest BCUT2D eigenvalue weighted by molar-refractivity contribution is 7.86. The van der Waals surface area contributed by atoms with Gasteiger partial charge in [0.25, 0.3) is 10.1 Å². The van der Waals surface area contributed by atoms with Crippen molar-refractivity contribution >= 4 is 21.8 Å². The summed E-state index contributed by atoms with van der Waals surface area (Å²) in [7, 11) is -5.06. The Morgan fingerprint density at radius 1 is 1.21 bits per heavy atom. The molecule has 1 aromatic rings. The highest BCUT2D eigenvalue weighted by Gasteiger charge is 2.30. The number of benzene rings is 1. The Hall–Kier alpha value is -1.60. The van der Waals surface area contributed by atoms with Gasteiger partial charge in [0.15, 0.2) is 17.5 Å². The maximum absolute atomic E-state index is 13.7. The molecule has 0 saturated heterocycles. The quantitative estimate of drug-likeness (QED) is 0.686. The first-order valence-electron chi connectivity index (χ1n) is 5.09. The van der Waals surface area contributed by atoms with Gasteiger partial charge in [-0.2, -0.15) is 8.42 Å². The van der Waals surface area contributed by atoms with E-state index in [9.17, 15) is 21.6 Å². The fraction of sp³-hybridized carbons (Fsp3) is 0.167. The van der Waals surface area contributed by atoms with E-state index < -0.39 is 43.6 Å². The van der Waals surface area contributed by atoms with Gasteiger partial charge in [0.05, 0.1) is 0 Å². The van der Waals surface area contributed by atoms with Crippen molar-refractivity contribution in [2.45, 2.75) is 18.7 Å². The molecule has 0 aliphatic rings. The van der Waals surface area contributed by atoms with E-state index in [0.717, 1.165) is 6.08 Å². The molecule has 3 nitrogen and oxygen atoms in total. The second-order valence-electron chi connectivity index (χ2n) is 3.82. The Balaban J connectivity index is 4.08. The second kappa shape index (κ2) is 5.18. The standard InChI is InChI=1S/C12H11F3O3S/c1-4-5-7-8(6(2)3)9(13)10(14)11(15)12(7)19(16,17)18/h4-5H,2H2,1,3H3,(H,16,17,18). The second-order valence-corrected chi connectivity index (χ2v) is 5.17.